The molecular formula is C78H101Cl3N10O24. The normalized spacial score (nSPS) is 27.2. The van der Waals surface area contributed by atoms with Gasteiger partial charge in [0.05, 0.1) is 41.3 Å². The van der Waals surface area contributed by atoms with Crippen molar-refractivity contribution in [3.63, 3.8) is 0 Å². The van der Waals surface area contributed by atoms with Gasteiger partial charge >= 0.3 is 5.97 Å². The molecule has 37 heteroatoms. The lowest BCUT2D eigenvalue weighted by atomic mass is 9.85. The summed E-state index contributed by atoms with van der Waals surface area (Å²) in [5.41, 5.74) is 1.85. The minimum atomic E-state index is -2.35. The number of ether oxygens (including phenoxy) is 6. The molecule has 12 rings (SSSR count). The van der Waals surface area contributed by atoms with Crippen LogP contribution in [0.25, 0.3) is 11.1 Å². The molecule has 0 saturated carbocycles. The third kappa shape index (κ3) is 21.5. The largest absolute Gasteiger partial charge is 0.508 e. The summed E-state index contributed by atoms with van der Waals surface area (Å²) in [5, 5.41) is 140. The molecule has 0 aliphatic carbocycles. The Balaban J connectivity index is 0.0000151. The van der Waals surface area contributed by atoms with Crippen LogP contribution in [0.3, 0.4) is 0 Å². The topological polar surface area (TPSA) is 529 Å². The van der Waals surface area contributed by atoms with E-state index in [-0.39, 0.29) is 64.4 Å². The number of primary amides is 1. The Morgan fingerprint density at radius 1 is 0.678 bits per heavy atom. The first-order valence-electron chi connectivity index (χ1n) is 37.9. The average Bonchev–Trinajstić information content (AvgIpc) is 0.771. The number of aliphatic hydroxyl groups excluding tert-OH is 6. The first-order valence-corrected chi connectivity index (χ1v) is 38.6. The van der Waals surface area contributed by atoms with Gasteiger partial charge in [0.15, 0.2) is 29.9 Å². The summed E-state index contributed by atoms with van der Waals surface area (Å²) >= 11 is 14.3. The van der Waals surface area contributed by atoms with Crippen LogP contribution < -0.4 is 67.8 Å². The second-order valence-corrected chi connectivity index (χ2v) is 30.6. The fourth-order valence-electron chi connectivity index (χ4n) is 14.6. The van der Waals surface area contributed by atoms with Gasteiger partial charge in [0, 0.05) is 47.8 Å². The van der Waals surface area contributed by atoms with Crippen molar-refractivity contribution >= 4 is 82.9 Å². The summed E-state index contributed by atoms with van der Waals surface area (Å²) in [6, 6.07) is -0.453. The first-order chi connectivity index (χ1) is 54.2. The highest BCUT2D eigenvalue weighted by Gasteiger charge is 2.52. The van der Waals surface area contributed by atoms with E-state index in [2.05, 4.69) is 54.8 Å². The number of benzene rings is 5. The fourth-order valence-corrected chi connectivity index (χ4v) is 15.0. The molecular weight excluding hydrogens is 1570 g/mol. The molecule has 2 fully saturated rings. The number of unbranched alkanes of at least 4 members (excludes halogenated alkanes) is 7. The molecule has 0 aromatic heterocycles. The average molecular weight is 1670 g/mol. The lowest BCUT2D eigenvalue weighted by Crippen LogP contribution is -2.65. The Hall–Kier alpha value is -8.95. The summed E-state index contributed by atoms with van der Waals surface area (Å²) in [6.45, 7) is 9.89. The van der Waals surface area contributed by atoms with Gasteiger partial charge in [-0.25, -0.2) is 4.79 Å². The van der Waals surface area contributed by atoms with Gasteiger partial charge in [0.25, 0.3) is 0 Å². The van der Waals surface area contributed by atoms with Crippen molar-refractivity contribution in [2.45, 2.75) is 214 Å². The molecule has 5 aromatic rings. The van der Waals surface area contributed by atoms with E-state index in [9.17, 15) is 75.0 Å². The molecule has 34 nitrogen and oxygen atoms in total. The number of phenols is 3. The van der Waals surface area contributed by atoms with Crippen molar-refractivity contribution in [1.82, 2.24) is 47.9 Å². The number of carbonyl (C=O) groups is 8. The molecule has 0 radical (unpaired) electrons. The van der Waals surface area contributed by atoms with Crippen molar-refractivity contribution in [3.05, 3.63) is 117 Å². The highest BCUT2D eigenvalue weighted by molar-refractivity contribution is 6.32. The minimum Gasteiger partial charge on any atom is -0.508 e. The quantitative estimate of drug-likeness (QED) is 0.0349. The number of carboxylic acid groups (broad SMARTS) is 1. The van der Waals surface area contributed by atoms with E-state index >= 15 is 14.4 Å². The van der Waals surface area contributed by atoms with E-state index in [1.807, 2.05) is 13.8 Å². The first kappa shape index (κ1) is 90.0. The number of phenolic OH excluding ortho intramolecular Hbond substituents is 3. The number of hydrogen-bond donors (Lipinski definition) is 20. The number of likely N-dealkylation sites (N-methyl/N-ethyl adjacent to an activating group) is 1. The number of halogens is 3. The smallest absolute Gasteiger partial charge is 0.330 e. The van der Waals surface area contributed by atoms with Crippen LogP contribution >= 0.6 is 35.6 Å². The third-order valence-electron chi connectivity index (χ3n) is 20.8. The Morgan fingerprint density at radius 3 is 1.90 bits per heavy atom. The number of hydrogen-bond acceptors (Lipinski definition) is 26. The van der Waals surface area contributed by atoms with Gasteiger partial charge < -0.3 is 133 Å². The second kappa shape index (κ2) is 39.8. The van der Waals surface area contributed by atoms with Crippen LogP contribution in [0.2, 0.25) is 10.0 Å². The van der Waals surface area contributed by atoms with Crippen LogP contribution in [0.5, 0.6) is 46.0 Å². The van der Waals surface area contributed by atoms with E-state index in [0.717, 1.165) is 92.5 Å². The molecule has 18 atom stereocenters. The third-order valence-corrected chi connectivity index (χ3v) is 21.4. The highest BCUT2D eigenvalue weighted by atomic mass is 35.5. The molecule has 115 heavy (non-hydrogen) atoms. The monoisotopic (exact) mass is 1670 g/mol. The van der Waals surface area contributed by atoms with Crippen molar-refractivity contribution in [2.24, 2.45) is 11.7 Å². The van der Waals surface area contributed by atoms with E-state index < -0.39 is 231 Å². The Morgan fingerprint density at radius 2 is 1.29 bits per heavy atom. The number of carbonyl (C=O) groups excluding carboxylic acids is 7. The van der Waals surface area contributed by atoms with Gasteiger partial charge in [-0.05, 0) is 123 Å². The fraction of sp³-hybridized carbons (Fsp3) is 0.513. The van der Waals surface area contributed by atoms with Crippen LogP contribution in [0.1, 0.15) is 163 Å². The predicted molar refractivity (Wildman–Crippen MR) is 416 cm³/mol. The zero-order valence-electron chi connectivity index (χ0n) is 63.9. The maximum absolute atomic E-state index is 16.2. The number of nitrogens with one attached hydrogen (secondary N) is 9. The van der Waals surface area contributed by atoms with E-state index in [1.54, 1.807) is 13.8 Å². The standard InChI is InChI=1S/C78H100Cl2N10O24.ClH/c1-7-8-9-10-11-12-13-14-21-83-22-23-84-78(5)33-56(109-36(4)69(78)100)113-68-66(99)65(98)54(34-91)112-77(68)114-67-52-28-40-29-53(67)111-51-20-17-39(27-45(51)80)64(97)62-75(106)88-60(76(107)108)43-30-41(92)31-49(94)57(43)42-25-37(15-18-48(42)93)58(72(103)90-62)87-73(104)59(40)86-71(102)47(32-55(81)95)85-74(105)61(89-70(101)46(82-6)24-35(2)3)63(96)38-16-19-50(110-52)44(79)26-38;/h15-20,25-31,35-36,46-47,54,56,58-66,68-69,77,82-84,91-94,96-100H,7-14,21-24,32-34H2,1-6H3,(H2,81,95)(H,85,105)(H,86,102)(H,87,104)(H,88,106)(H,89,101)(H,90,103)(H,107,108);1H/t36-,46+,47-,54+,56-,58+,59+,60-,61+,62-,63+,64+,65+,66-,68+,69+,77-,78-;/m0./s1. The van der Waals surface area contributed by atoms with Crippen LogP contribution in [0.4, 0.5) is 0 Å². The Kier molecular flexibility index (Phi) is 31.1. The Bertz CT molecular complexity index is 4340. The summed E-state index contributed by atoms with van der Waals surface area (Å²) in [4.78, 5) is 118. The molecule has 21 N–H and O–H groups in total. The van der Waals surface area contributed by atoms with E-state index in [4.69, 9.17) is 57.4 Å². The molecule has 2 saturated heterocycles. The second-order valence-electron chi connectivity index (χ2n) is 29.8. The van der Waals surface area contributed by atoms with Gasteiger partial charge in [0.2, 0.25) is 53.4 Å². The number of rotatable bonds is 26. The Labute approximate surface area is 678 Å². The van der Waals surface area contributed by atoms with Crippen molar-refractivity contribution in [3.8, 4) is 57.1 Å². The number of nitrogens with two attached hydrogens (primary N) is 1. The number of aliphatic hydroxyl groups is 6. The molecule has 7 aliphatic rings. The summed E-state index contributed by atoms with van der Waals surface area (Å²) in [5.74, 6) is -15.8. The number of fused-ring (bicyclic) bond motifs is 15. The highest BCUT2D eigenvalue weighted by Crippen LogP contribution is 2.50. The maximum Gasteiger partial charge on any atom is 0.330 e. The predicted octanol–water partition coefficient (Wildman–Crippen LogP) is 3.89. The summed E-state index contributed by atoms with van der Waals surface area (Å²) in [6.07, 6.45) is -9.00. The molecule has 7 amide bonds. The van der Waals surface area contributed by atoms with Gasteiger partial charge in [-0.3, -0.25) is 33.6 Å². The van der Waals surface area contributed by atoms with Gasteiger partial charge in [-0.1, -0.05) is 107 Å². The molecule has 7 aliphatic heterocycles. The van der Waals surface area contributed by atoms with Crippen molar-refractivity contribution in [1.29, 1.82) is 0 Å². The van der Waals surface area contributed by atoms with Gasteiger partial charge in [0.1, 0.15) is 89.5 Å². The van der Waals surface area contributed by atoms with Gasteiger partial charge in [-0.15, -0.1) is 12.4 Å². The minimum absolute atomic E-state index is 0. The molecule has 5 aromatic carbocycles. The summed E-state index contributed by atoms with van der Waals surface area (Å²) in [7, 11) is 1.48. The summed E-state index contributed by atoms with van der Waals surface area (Å²) < 4.78 is 39.4. The van der Waals surface area contributed by atoms with E-state index in [0.29, 0.717) is 13.1 Å². The SMILES string of the molecule is CCCCCCCCCCNCCN[C@@]1(C)C[C@H](O[C@H]2[C@H](Oc3c4cc5cc3Oc3ccc(cc3Cl)[C@@H](O)[C@@H](NC(=O)[C@@H](CC(C)C)NC)C(=O)N[C@@H](CC(N)=O)C(=O)N[C@H]5C(=O)N[C@H]3C(=O)N[C@H](C(=O)N[C@H](C(=O)O)c5cc(O)cc(O)c5-c5cc3ccc5O)[C@H](O)c3ccc(c(Cl)c3)O4)O[C@H](CO)[C@@H](O)[C@@H]2O)O[C@@H](C)[C@H]1O.Cl. The van der Waals surface area contributed by atoms with E-state index in [1.165, 1.54) is 51.3 Å². The molecule has 0 unspecified atom stereocenters. The van der Waals surface area contributed by atoms with Gasteiger partial charge in [-0.2, -0.15) is 0 Å². The van der Waals surface area contributed by atoms with Crippen molar-refractivity contribution in [2.75, 3.05) is 33.3 Å². The van der Waals surface area contributed by atoms with Crippen LogP contribution in [-0.4, -0.2) is 211 Å². The lowest BCUT2D eigenvalue weighted by Gasteiger charge is -2.48. The number of aliphatic carboxylic acids is 1. The number of amides is 7. The zero-order valence-corrected chi connectivity index (χ0v) is 66.3. The van der Waals surface area contributed by atoms with Crippen LogP contribution in [0, 0.1) is 5.92 Å². The lowest BCUT2D eigenvalue weighted by molar-refractivity contribution is -0.334. The maximum atomic E-state index is 16.2. The molecule has 7 heterocycles. The number of aromatic hydroxyl groups is 3. The van der Waals surface area contributed by atoms with Crippen molar-refractivity contribution < 1.29 is 118 Å². The molecule has 0 spiro atoms. The molecule has 11 bridgehead atoms. The number of carboxylic acids is 1. The molecule has 628 valence electrons. The van der Waals surface area contributed by atoms with Crippen LogP contribution in [0.15, 0.2) is 78.9 Å². The van der Waals surface area contributed by atoms with Crippen LogP contribution in [-0.2, 0) is 52.6 Å². The zero-order chi connectivity index (χ0) is 82.7.